The van der Waals surface area contributed by atoms with Crippen molar-refractivity contribution in [2.45, 2.75) is 19.0 Å². The molecule has 1 N–H and O–H groups in total. The quantitative estimate of drug-likeness (QED) is 0.788. The van der Waals surface area contributed by atoms with Crippen molar-refractivity contribution in [1.29, 1.82) is 5.26 Å². The first-order valence-electron chi connectivity index (χ1n) is 8.49. The number of rotatable bonds is 4. The van der Waals surface area contributed by atoms with E-state index in [4.69, 9.17) is 5.26 Å². The fourth-order valence-electron chi connectivity index (χ4n) is 3.14. The van der Waals surface area contributed by atoms with Crippen LogP contribution in [-0.2, 0) is 11.3 Å². The molecule has 6 nitrogen and oxygen atoms in total. The summed E-state index contributed by atoms with van der Waals surface area (Å²) < 4.78 is 0. The average molecular weight is 343 g/mol. The van der Waals surface area contributed by atoms with E-state index in [0.29, 0.717) is 24.5 Å². The van der Waals surface area contributed by atoms with Gasteiger partial charge in [0.25, 0.3) is 0 Å². The maximum absolute atomic E-state index is 12.7. The Hall–Kier alpha value is -3.46. The van der Waals surface area contributed by atoms with Crippen LogP contribution in [0.2, 0.25) is 0 Å². The van der Waals surface area contributed by atoms with Crippen LogP contribution in [-0.4, -0.2) is 33.4 Å². The Morgan fingerprint density at radius 2 is 1.92 bits per heavy atom. The number of nitriles is 1. The SMILES string of the molecule is N#Cc1ccc(CN2CCC(Nc3cnc4ccccc4n3)C2=O)cc1. The number of carbonyl (C=O) groups excluding carboxylic acids is 1. The van der Waals surface area contributed by atoms with Crippen molar-refractivity contribution in [3.8, 4) is 6.07 Å². The number of anilines is 1. The first-order chi connectivity index (χ1) is 12.7. The molecular formula is C20H17N5O. The summed E-state index contributed by atoms with van der Waals surface area (Å²) in [5.74, 6) is 0.673. The predicted octanol–water partition coefficient (Wildman–Crippen LogP) is 2.71. The Bertz CT molecular complexity index is 993. The van der Waals surface area contributed by atoms with Gasteiger partial charge in [-0.05, 0) is 36.2 Å². The largest absolute Gasteiger partial charge is 0.357 e. The van der Waals surface area contributed by atoms with Crippen molar-refractivity contribution in [3.63, 3.8) is 0 Å². The second-order valence-corrected chi connectivity index (χ2v) is 6.30. The van der Waals surface area contributed by atoms with Gasteiger partial charge >= 0.3 is 0 Å². The standard InChI is InChI=1S/C20H17N5O/c21-11-14-5-7-15(8-6-14)13-25-10-9-18(20(25)26)24-19-12-22-16-3-1-2-4-17(16)23-19/h1-8,12,18H,9-10,13H2,(H,23,24). The maximum atomic E-state index is 12.7. The molecule has 3 aromatic rings. The van der Waals surface area contributed by atoms with Gasteiger partial charge < -0.3 is 10.2 Å². The van der Waals surface area contributed by atoms with Crippen molar-refractivity contribution in [2.75, 3.05) is 11.9 Å². The normalized spacial score (nSPS) is 16.7. The molecule has 2 aromatic carbocycles. The average Bonchev–Trinajstić information content (AvgIpc) is 3.02. The van der Waals surface area contributed by atoms with Crippen LogP contribution in [0.1, 0.15) is 17.5 Å². The van der Waals surface area contributed by atoms with Gasteiger partial charge in [-0.2, -0.15) is 5.26 Å². The van der Waals surface area contributed by atoms with Crippen molar-refractivity contribution >= 4 is 22.8 Å². The Morgan fingerprint density at radius 3 is 2.69 bits per heavy atom. The van der Waals surface area contributed by atoms with Gasteiger partial charge in [0.05, 0.1) is 28.9 Å². The zero-order chi connectivity index (χ0) is 17.9. The van der Waals surface area contributed by atoms with E-state index in [9.17, 15) is 4.79 Å². The van der Waals surface area contributed by atoms with Crippen molar-refractivity contribution in [2.24, 2.45) is 0 Å². The molecule has 1 saturated heterocycles. The van der Waals surface area contributed by atoms with Gasteiger partial charge in [0, 0.05) is 13.1 Å². The Kier molecular flexibility index (Phi) is 4.20. The summed E-state index contributed by atoms with van der Waals surface area (Å²) in [4.78, 5) is 23.4. The van der Waals surface area contributed by atoms with E-state index < -0.39 is 0 Å². The van der Waals surface area contributed by atoms with Crippen LogP contribution in [0.4, 0.5) is 5.82 Å². The lowest BCUT2D eigenvalue weighted by molar-refractivity contribution is -0.128. The molecule has 1 unspecified atom stereocenters. The number of nitrogens with zero attached hydrogens (tertiary/aromatic N) is 4. The number of carbonyl (C=O) groups is 1. The number of hydrogen-bond acceptors (Lipinski definition) is 5. The summed E-state index contributed by atoms with van der Waals surface area (Å²) in [7, 11) is 0. The van der Waals surface area contributed by atoms with Crippen LogP contribution in [0.5, 0.6) is 0 Å². The third-order valence-corrected chi connectivity index (χ3v) is 4.52. The van der Waals surface area contributed by atoms with E-state index in [2.05, 4.69) is 21.4 Å². The van der Waals surface area contributed by atoms with E-state index in [0.717, 1.165) is 23.0 Å². The summed E-state index contributed by atoms with van der Waals surface area (Å²) in [5, 5.41) is 12.1. The van der Waals surface area contributed by atoms with E-state index in [1.165, 1.54) is 0 Å². The third kappa shape index (κ3) is 3.20. The minimum Gasteiger partial charge on any atom is -0.357 e. The Labute approximate surface area is 151 Å². The summed E-state index contributed by atoms with van der Waals surface area (Å²) in [6, 6.07) is 16.8. The molecule has 0 saturated carbocycles. The van der Waals surface area contributed by atoms with Gasteiger partial charge in [0.2, 0.25) is 5.91 Å². The monoisotopic (exact) mass is 343 g/mol. The molecule has 128 valence electrons. The molecule has 0 aliphatic carbocycles. The zero-order valence-electron chi connectivity index (χ0n) is 14.1. The van der Waals surface area contributed by atoms with E-state index >= 15 is 0 Å². The summed E-state index contributed by atoms with van der Waals surface area (Å²) in [5.41, 5.74) is 3.27. The molecule has 0 radical (unpaired) electrons. The third-order valence-electron chi connectivity index (χ3n) is 4.52. The highest BCUT2D eigenvalue weighted by Gasteiger charge is 2.31. The van der Waals surface area contributed by atoms with Crippen molar-refractivity contribution in [1.82, 2.24) is 14.9 Å². The second-order valence-electron chi connectivity index (χ2n) is 6.30. The van der Waals surface area contributed by atoms with Crippen LogP contribution in [0.15, 0.2) is 54.7 Å². The van der Waals surface area contributed by atoms with Gasteiger partial charge in [0.1, 0.15) is 11.9 Å². The number of aromatic nitrogens is 2. The molecule has 1 aromatic heterocycles. The molecule has 1 aliphatic rings. The van der Waals surface area contributed by atoms with Gasteiger partial charge in [0.15, 0.2) is 0 Å². The number of benzene rings is 2. The minimum absolute atomic E-state index is 0.0596. The second kappa shape index (κ2) is 6.81. The highest BCUT2D eigenvalue weighted by Crippen LogP contribution is 2.19. The van der Waals surface area contributed by atoms with Gasteiger partial charge in [-0.1, -0.05) is 24.3 Å². The Balaban J connectivity index is 1.43. The summed E-state index contributed by atoms with van der Waals surface area (Å²) in [6.45, 7) is 1.24. The zero-order valence-corrected chi connectivity index (χ0v) is 14.1. The van der Waals surface area contributed by atoms with Crippen LogP contribution in [0, 0.1) is 11.3 Å². The molecule has 2 heterocycles. The van der Waals surface area contributed by atoms with E-state index in [1.807, 2.05) is 41.3 Å². The van der Waals surface area contributed by atoms with Crippen LogP contribution in [0.25, 0.3) is 11.0 Å². The fraction of sp³-hybridized carbons (Fsp3) is 0.200. The molecule has 4 rings (SSSR count). The lowest BCUT2D eigenvalue weighted by Crippen LogP contribution is -2.33. The molecule has 6 heteroatoms. The van der Waals surface area contributed by atoms with Gasteiger partial charge in [-0.15, -0.1) is 0 Å². The smallest absolute Gasteiger partial charge is 0.245 e. The van der Waals surface area contributed by atoms with Crippen LogP contribution < -0.4 is 5.32 Å². The molecule has 1 atom stereocenters. The van der Waals surface area contributed by atoms with E-state index in [1.54, 1.807) is 18.3 Å². The first kappa shape index (κ1) is 16.0. The number of likely N-dealkylation sites (tertiary alicyclic amines) is 1. The van der Waals surface area contributed by atoms with Crippen molar-refractivity contribution < 1.29 is 4.79 Å². The molecule has 1 fully saturated rings. The molecule has 26 heavy (non-hydrogen) atoms. The summed E-state index contributed by atoms with van der Waals surface area (Å²) >= 11 is 0. The lowest BCUT2D eigenvalue weighted by Gasteiger charge is -2.17. The van der Waals surface area contributed by atoms with Gasteiger partial charge in [-0.3, -0.25) is 9.78 Å². The van der Waals surface area contributed by atoms with Crippen LogP contribution in [0.3, 0.4) is 0 Å². The molecule has 1 amide bonds. The predicted molar refractivity (Wildman–Crippen MR) is 98.1 cm³/mol. The maximum Gasteiger partial charge on any atom is 0.245 e. The highest BCUT2D eigenvalue weighted by molar-refractivity contribution is 5.86. The molecule has 0 spiro atoms. The Morgan fingerprint density at radius 1 is 1.15 bits per heavy atom. The molecular weight excluding hydrogens is 326 g/mol. The van der Waals surface area contributed by atoms with Crippen molar-refractivity contribution in [3.05, 3.63) is 65.9 Å². The highest BCUT2D eigenvalue weighted by atomic mass is 16.2. The number of hydrogen-bond donors (Lipinski definition) is 1. The number of para-hydroxylation sites is 2. The summed E-state index contributed by atoms with van der Waals surface area (Å²) in [6.07, 6.45) is 2.39. The first-order valence-corrected chi connectivity index (χ1v) is 8.49. The fourth-order valence-corrected chi connectivity index (χ4v) is 3.14. The van der Waals surface area contributed by atoms with Gasteiger partial charge in [-0.25, -0.2) is 4.98 Å². The number of nitrogens with one attached hydrogen (secondary N) is 1. The molecule has 0 bridgehead atoms. The minimum atomic E-state index is -0.288. The number of fused-ring (bicyclic) bond motifs is 1. The number of amides is 1. The van der Waals surface area contributed by atoms with Crippen LogP contribution >= 0.6 is 0 Å². The van der Waals surface area contributed by atoms with E-state index in [-0.39, 0.29) is 11.9 Å². The topological polar surface area (TPSA) is 81.9 Å². The lowest BCUT2D eigenvalue weighted by atomic mass is 10.1. The molecule has 1 aliphatic heterocycles.